The molecule has 0 saturated carbocycles. The molecule has 1 spiro atoms. The van der Waals surface area contributed by atoms with E-state index in [1.165, 1.54) is 5.57 Å². The van der Waals surface area contributed by atoms with Crippen LogP contribution in [0.5, 0.6) is 5.75 Å². The van der Waals surface area contributed by atoms with E-state index in [0.29, 0.717) is 49.9 Å². The Balaban J connectivity index is 0.928. The van der Waals surface area contributed by atoms with Gasteiger partial charge in [-0.15, -0.1) is 0 Å². The first-order chi connectivity index (χ1) is 24.4. The SMILES string of the molecule is COc1cc(-c2n[nH]c3ccc(N4CCC5(CCN(CC(=O)N6CC=C(c7ccccc7-c7ncn(C)n7)CC6)C5)C4=O)cc23)ccc1C#N. The number of hydrogen-bond acceptors (Lipinski definition) is 8. The Morgan fingerprint density at radius 2 is 1.90 bits per heavy atom. The predicted molar refractivity (Wildman–Crippen MR) is 189 cm³/mol. The number of nitrogens with zero attached hydrogens (tertiary/aromatic N) is 8. The van der Waals surface area contributed by atoms with Gasteiger partial charge in [0.25, 0.3) is 0 Å². The molecular formula is C38H37N9O3. The Hall–Kier alpha value is -5.80. The van der Waals surface area contributed by atoms with E-state index in [4.69, 9.17) is 4.74 Å². The average molecular weight is 668 g/mol. The number of ether oxygens (including phenoxy) is 1. The zero-order valence-electron chi connectivity index (χ0n) is 28.1. The van der Waals surface area contributed by atoms with Gasteiger partial charge in [-0.05, 0) is 67.3 Å². The second kappa shape index (κ2) is 12.6. The molecule has 0 bridgehead atoms. The van der Waals surface area contributed by atoms with E-state index >= 15 is 0 Å². The molecule has 0 radical (unpaired) electrons. The zero-order valence-corrected chi connectivity index (χ0v) is 28.1. The van der Waals surface area contributed by atoms with Crippen LogP contribution in [-0.2, 0) is 16.6 Å². The zero-order chi connectivity index (χ0) is 34.4. The first kappa shape index (κ1) is 31.5. The molecule has 2 fully saturated rings. The van der Waals surface area contributed by atoms with Gasteiger partial charge in [-0.1, -0.05) is 36.4 Å². The summed E-state index contributed by atoms with van der Waals surface area (Å²) in [6.07, 6.45) is 6.10. The molecule has 3 aromatic carbocycles. The highest BCUT2D eigenvalue weighted by atomic mass is 16.5. The van der Waals surface area contributed by atoms with Gasteiger partial charge in [0, 0.05) is 55.4 Å². The van der Waals surface area contributed by atoms with Gasteiger partial charge in [-0.3, -0.25) is 24.3 Å². The smallest absolute Gasteiger partial charge is 0.237 e. The van der Waals surface area contributed by atoms with Crippen molar-refractivity contribution < 1.29 is 14.3 Å². The summed E-state index contributed by atoms with van der Waals surface area (Å²) < 4.78 is 7.12. The molecule has 1 N–H and O–H groups in total. The Kier molecular flexibility index (Phi) is 7.92. The van der Waals surface area contributed by atoms with Crippen LogP contribution in [0, 0.1) is 16.7 Å². The normalized spacial score (nSPS) is 19.4. The topological polar surface area (TPSA) is 136 Å². The van der Waals surface area contributed by atoms with Crippen molar-refractivity contribution in [1.82, 2.24) is 34.8 Å². The average Bonchev–Trinajstić information content (AvgIpc) is 3.95. The van der Waals surface area contributed by atoms with Crippen LogP contribution in [0.1, 0.15) is 30.4 Å². The van der Waals surface area contributed by atoms with E-state index in [1.54, 1.807) is 24.2 Å². The van der Waals surface area contributed by atoms with Gasteiger partial charge in [-0.2, -0.15) is 15.5 Å². The van der Waals surface area contributed by atoms with Gasteiger partial charge in [0.2, 0.25) is 11.8 Å². The van der Waals surface area contributed by atoms with Crippen molar-refractivity contribution in [3.05, 3.63) is 84.2 Å². The molecule has 1 atom stereocenters. The quantitative estimate of drug-likeness (QED) is 0.265. The largest absolute Gasteiger partial charge is 0.495 e. The second-order valence-corrected chi connectivity index (χ2v) is 13.4. The minimum atomic E-state index is -0.493. The van der Waals surface area contributed by atoms with Gasteiger partial charge in [0.05, 0.1) is 30.1 Å². The van der Waals surface area contributed by atoms with E-state index in [2.05, 4.69) is 43.4 Å². The van der Waals surface area contributed by atoms with Crippen molar-refractivity contribution in [2.45, 2.75) is 19.3 Å². The molecule has 3 aliphatic heterocycles. The third-order valence-electron chi connectivity index (χ3n) is 10.4. The third-order valence-corrected chi connectivity index (χ3v) is 10.4. The molecule has 3 aliphatic rings. The van der Waals surface area contributed by atoms with E-state index in [0.717, 1.165) is 64.8 Å². The lowest BCUT2D eigenvalue weighted by molar-refractivity contribution is -0.132. The highest BCUT2D eigenvalue weighted by molar-refractivity contribution is 6.03. The fourth-order valence-electron chi connectivity index (χ4n) is 7.71. The van der Waals surface area contributed by atoms with Crippen LogP contribution in [0.3, 0.4) is 0 Å². The number of amides is 2. The maximum Gasteiger partial charge on any atom is 0.237 e. The van der Waals surface area contributed by atoms with Gasteiger partial charge in [0.15, 0.2) is 5.82 Å². The number of nitrogens with one attached hydrogen (secondary N) is 1. The van der Waals surface area contributed by atoms with E-state index in [9.17, 15) is 14.9 Å². The molecule has 12 heteroatoms. The summed E-state index contributed by atoms with van der Waals surface area (Å²) in [5.41, 5.74) is 6.49. The van der Waals surface area contributed by atoms with Crippen LogP contribution in [-0.4, -0.2) is 93.0 Å². The van der Waals surface area contributed by atoms with Crippen LogP contribution in [0.2, 0.25) is 0 Å². The summed E-state index contributed by atoms with van der Waals surface area (Å²) in [7, 11) is 3.40. The molecule has 50 heavy (non-hydrogen) atoms. The number of aryl methyl sites for hydroxylation is 1. The van der Waals surface area contributed by atoms with Gasteiger partial charge < -0.3 is 14.5 Å². The van der Waals surface area contributed by atoms with Crippen molar-refractivity contribution in [1.29, 1.82) is 5.26 Å². The molecule has 252 valence electrons. The van der Waals surface area contributed by atoms with Crippen LogP contribution < -0.4 is 9.64 Å². The lowest BCUT2D eigenvalue weighted by Crippen LogP contribution is -2.43. The fourth-order valence-corrected chi connectivity index (χ4v) is 7.71. The second-order valence-electron chi connectivity index (χ2n) is 13.4. The lowest BCUT2D eigenvalue weighted by atomic mass is 9.85. The third kappa shape index (κ3) is 5.49. The Labute approximate surface area is 289 Å². The number of fused-ring (bicyclic) bond motifs is 1. The van der Waals surface area contributed by atoms with Crippen molar-refractivity contribution in [3.8, 4) is 34.5 Å². The fraction of sp³-hybridized carbons (Fsp3) is 0.316. The molecule has 1 unspecified atom stereocenters. The predicted octanol–water partition coefficient (Wildman–Crippen LogP) is 4.65. The van der Waals surface area contributed by atoms with Crippen molar-refractivity contribution >= 4 is 34.0 Å². The molecule has 2 aromatic heterocycles. The summed E-state index contributed by atoms with van der Waals surface area (Å²) in [5.74, 6) is 1.39. The number of hydrogen-bond donors (Lipinski definition) is 1. The van der Waals surface area contributed by atoms with Crippen molar-refractivity contribution in [3.63, 3.8) is 0 Å². The molecule has 8 rings (SSSR count). The van der Waals surface area contributed by atoms with Gasteiger partial charge >= 0.3 is 0 Å². The molecule has 2 saturated heterocycles. The van der Waals surface area contributed by atoms with Crippen molar-refractivity contribution in [2.24, 2.45) is 12.5 Å². The standard InChI is InChI=1S/C38H37N9O3/c1-44-24-40-36(43-44)30-6-4-3-5-29(30)25-11-15-46(16-12-25)34(48)22-45-17-13-38(23-45)14-18-47(37(38)49)28-9-10-32-31(20-28)35(42-41-32)26-7-8-27(21-39)33(19-26)50-2/h3-11,19-20,24H,12-18,22-23H2,1-2H3,(H,41,42). The summed E-state index contributed by atoms with van der Waals surface area (Å²) in [6, 6.07) is 21.6. The number of anilines is 1. The molecule has 2 amide bonds. The van der Waals surface area contributed by atoms with Crippen LogP contribution in [0.25, 0.3) is 39.1 Å². The Morgan fingerprint density at radius 3 is 2.66 bits per heavy atom. The summed E-state index contributed by atoms with van der Waals surface area (Å²) in [5, 5.41) is 22.4. The number of carbonyl (C=O) groups excluding carboxylic acids is 2. The number of likely N-dealkylation sites (tertiary alicyclic amines) is 1. The number of aromatic amines is 1. The number of rotatable bonds is 7. The number of methoxy groups -OCH3 is 1. The highest BCUT2D eigenvalue weighted by Crippen LogP contribution is 2.43. The maximum atomic E-state index is 14.1. The molecule has 12 nitrogen and oxygen atoms in total. The minimum Gasteiger partial charge on any atom is -0.495 e. The number of benzene rings is 3. The van der Waals surface area contributed by atoms with E-state index in [-0.39, 0.29) is 11.8 Å². The first-order valence-electron chi connectivity index (χ1n) is 16.9. The summed E-state index contributed by atoms with van der Waals surface area (Å²) >= 11 is 0. The minimum absolute atomic E-state index is 0.0942. The highest BCUT2D eigenvalue weighted by Gasteiger charge is 2.51. The number of aromatic nitrogens is 5. The maximum absolute atomic E-state index is 14.1. The first-order valence-corrected chi connectivity index (χ1v) is 16.9. The Bertz CT molecular complexity index is 2210. The molecule has 5 aromatic rings. The lowest BCUT2D eigenvalue weighted by Gasteiger charge is -2.29. The summed E-state index contributed by atoms with van der Waals surface area (Å²) in [6.45, 7) is 3.43. The van der Waals surface area contributed by atoms with Gasteiger partial charge in [-0.25, -0.2) is 4.98 Å². The Morgan fingerprint density at radius 1 is 1.06 bits per heavy atom. The van der Waals surface area contributed by atoms with Gasteiger partial charge in [0.1, 0.15) is 23.8 Å². The van der Waals surface area contributed by atoms with E-state index in [1.807, 2.05) is 65.4 Å². The molecule has 5 heterocycles. The monoisotopic (exact) mass is 667 g/mol. The summed E-state index contributed by atoms with van der Waals surface area (Å²) in [4.78, 5) is 38.0. The van der Waals surface area contributed by atoms with Crippen molar-refractivity contribution in [2.75, 3.05) is 51.3 Å². The van der Waals surface area contributed by atoms with Crippen LogP contribution in [0.15, 0.2) is 73.1 Å². The van der Waals surface area contributed by atoms with E-state index < -0.39 is 5.41 Å². The number of nitriles is 1. The number of carbonyl (C=O) groups is 2. The van der Waals surface area contributed by atoms with Crippen LogP contribution in [0.4, 0.5) is 5.69 Å². The van der Waals surface area contributed by atoms with Crippen LogP contribution >= 0.6 is 0 Å². The molecular weight excluding hydrogens is 630 g/mol. The molecule has 0 aliphatic carbocycles. The number of H-pyrrole nitrogens is 1.